The molecule has 0 N–H and O–H groups in total. The molecular weight excluding hydrogens is 386 g/mol. The number of hydrogen-bond acceptors (Lipinski definition) is 2. The summed E-state index contributed by atoms with van der Waals surface area (Å²) in [5.74, 6) is 0.301. The maximum Gasteiger partial charge on any atom is 0.255 e. The average molecular weight is 416 g/mol. The van der Waals surface area contributed by atoms with Crippen LogP contribution in [0.1, 0.15) is 48.4 Å². The second kappa shape index (κ2) is 9.04. The van der Waals surface area contributed by atoms with Crippen molar-refractivity contribution in [3.63, 3.8) is 0 Å². The molecule has 0 radical (unpaired) electrons. The van der Waals surface area contributed by atoms with Crippen LogP contribution in [0.25, 0.3) is 5.69 Å². The molecule has 2 amide bonds. The van der Waals surface area contributed by atoms with Crippen LogP contribution in [0.3, 0.4) is 0 Å². The Morgan fingerprint density at radius 3 is 2.21 bits per heavy atom. The molecule has 1 aromatic carbocycles. The minimum Gasteiger partial charge on any atom is -0.343 e. The first-order valence-corrected chi connectivity index (χ1v) is 10.8. The zero-order valence-electron chi connectivity index (χ0n) is 17.7. The van der Waals surface area contributed by atoms with E-state index in [1.807, 2.05) is 67.8 Å². The summed E-state index contributed by atoms with van der Waals surface area (Å²) in [5.41, 5.74) is 3.66. The summed E-state index contributed by atoms with van der Waals surface area (Å²) < 4.78 is 2.08. The lowest BCUT2D eigenvalue weighted by molar-refractivity contribution is -0.136. The van der Waals surface area contributed by atoms with E-state index in [2.05, 4.69) is 4.57 Å². The summed E-state index contributed by atoms with van der Waals surface area (Å²) >= 11 is 6.01. The highest BCUT2D eigenvalue weighted by Crippen LogP contribution is 2.26. The maximum absolute atomic E-state index is 13.2. The van der Waals surface area contributed by atoms with Gasteiger partial charge in [-0.05, 0) is 70.9 Å². The maximum atomic E-state index is 13.2. The number of amides is 2. The fourth-order valence-electron chi connectivity index (χ4n) is 4.26. The van der Waals surface area contributed by atoms with Crippen molar-refractivity contribution in [3.05, 3.63) is 52.3 Å². The average Bonchev–Trinajstić information content (AvgIpc) is 3.03. The summed E-state index contributed by atoms with van der Waals surface area (Å²) in [6.07, 6.45) is 1.47. The Labute approximate surface area is 178 Å². The molecule has 0 atom stereocenters. The van der Waals surface area contributed by atoms with Crippen molar-refractivity contribution in [2.75, 3.05) is 26.2 Å². The fourth-order valence-corrected chi connectivity index (χ4v) is 4.39. The molecule has 0 spiro atoms. The van der Waals surface area contributed by atoms with E-state index in [1.54, 1.807) is 0 Å². The van der Waals surface area contributed by atoms with Gasteiger partial charge in [-0.25, -0.2) is 0 Å². The Hall–Kier alpha value is -2.27. The predicted octanol–water partition coefficient (Wildman–Crippen LogP) is 4.47. The second-order valence-electron chi connectivity index (χ2n) is 7.67. The Morgan fingerprint density at radius 2 is 1.66 bits per heavy atom. The van der Waals surface area contributed by atoms with Crippen LogP contribution in [0.2, 0.25) is 5.02 Å². The Morgan fingerprint density at radius 1 is 1.07 bits per heavy atom. The first-order chi connectivity index (χ1) is 13.9. The summed E-state index contributed by atoms with van der Waals surface area (Å²) in [7, 11) is 0. The fraction of sp³-hybridized carbons (Fsp3) is 0.478. The third kappa shape index (κ3) is 4.35. The number of likely N-dealkylation sites (tertiary alicyclic amines) is 1. The summed E-state index contributed by atoms with van der Waals surface area (Å²) in [5, 5.41) is 0.689. The quantitative estimate of drug-likeness (QED) is 0.723. The van der Waals surface area contributed by atoms with E-state index in [9.17, 15) is 9.59 Å². The van der Waals surface area contributed by atoms with Crippen molar-refractivity contribution in [1.29, 1.82) is 0 Å². The summed E-state index contributed by atoms with van der Waals surface area (Å²) in [4.78, 5) is 29.6. The molecule has 1 aliphatic heterocycles. The van der Waals surface area contributed by atoms with Gasteiger partial charge in [0.1, 0.15) is 0 Å². The monoisotopic (exact) mass is 415 g/mol. The first kappa shape index (κ1) is 21.4. The van der Waals surface area contributed by atoms with Crippen LogP contribution >= 0.6 is 11.6 Å². The standard InChI is InChI=1S/C23H30ClN3O2/c1-5-25(6-2)22(28)18-11-13-26(14-12-18)23(29)21-15-16(3)27(17(21)4)20-9-7-19(24)8-10-20/h7-10,15,18H,5-6,11-14H2,1-4H3. The van der Waals surface area contributed by atoms with E-state index in [0.717, 1.165) is 48.6 Å². The molecular formula is C23H30ClN3O2. The van der Waals surface area contributed by atoms with Gasteiger partial charge in [0.25, 0.3) is 5.91 Å². The Balaban J connectivity index is 1.73. The van der Waals surface area contributed by atoms with Crippen molar-refractivity contribution in [3.8, 4) is 5.69 Å². The molecule has 156 valence electrons. The first-order valence-electron chi connectivity index (χ1n) is 10.4. The second-order valence-corrected chi connectivity index (χ2v) is 8.11. The largest absolute Gasteiger partial charge is 0.343 e. The smallest absolute Gasteiger partial charge is 0.255 e. The van der Waals surface area contributed by atoms with Gasteiger partial charge in [0, 0.05) is 54.2 Å². The highest BCUT2D eigenvalue weighted by atomic mass is 35.5. The molecule has 0 saturated carbocycles. The number of hydrogen-bond donors (Lipinski definition) is 0. The van der Waals surface area contributed by atoms with Gasteiger partial charge in [0.05, 0.1) is 5.56 Å². The van der Waals surface area contributed by atoms with Gasteiger partial charge in [-0.15, -0.1) is 0 Å². The van der Waals surface area contributed by atoms with Crippen LogP contribution < -0.4 is 0 Å². The number of carbonyl (C=O) groups excluding carboxylic acids is 2. The van der Waals surface area contributed by atoms with Crippen LogP contribution in [0.15, 0.2) is 30.3 Å². The number of rotatable bonds is 5. The van der Waals surface area contributed by atoms with E-state index in [-0.39, 0.29) is 17.7 Å². The van der Waals surface area contributed by atoms with Gasteiger partial charge in [0.15, 0.2) is 0 Å². The molecule has 0 aliphatic carbocycles. The molecule has 29 heavy (non-hydrogen) atoms. The van der Waals surface area contributed by atoms with E-state index in [4.69, 9.17) is 11.6 Å². The van der Waals surface area contributed by atoms with Gasteiger partial charge in [-0.3, -0.25) is 9.59 Å². The van der Waals surface area contributed by atoms with Crippen molar-refractivity contribution in [1.82, 2.24) is 14.4 Å². The molecule has 2 aromatic rings. The third-order valence-electron chi connectivity index (χ3n) is 5.95. The number of nitrogens with zero attached hydrogens (tertiary/aromatic N) is 3. The van der Waals surface area contributed by atoms with Crippen LogP contribution in [0.4, 0.5) is 0 Å². The van der Waals surface area contributed by atoms with E-state index in [1.165, 1.54) is 0 Å². The van der Waals surface area contributed by atoms with Gasteiger partial charge in [-0.2, -0.15) is 0 Å². The van der Waals surface area contributed by atoms with Crippen molar-refractivity contribution in [2.24, 2.45) is 5.92 Å². The van der Waals surface area contributed by atoms with Crippen LogP contribution in [-0.2, 0) is 4.79 Å². The molecule has 1 fully saturated rings. The Bertz CT molecular complexity index is 876. The number of piperidine rings is 1. The van der Waals surface area contributed by atoms with Crippen LogP contribution in [-0.4, -0.2) is 52.4 Å². The zero-order valence-corrected chi connectivity index (χ0v) is 18.5. The molecule has 1 saturated heterocycles. The van der Waals surface area contributed by atoms with Crippen molar-refractivity contribution in [2.45, 2.75) is 40.5 Å². The Kier molecular flexibility index (Phi) is 6.68. The lowest BCUT2D eigenvalue weighted by atomic mass is 9.94. The highest BCUT2D eigenvalue weighted by Gasteiger charge is 2.31. The van der Waals surface area contributed by atoms with Gasteiger partial charge in [-0.1, -0.05) is 11.6 Å². The number of halogens is 1. The zero-order chi connectivity index (χ0) is 21.1. The molecule has 1 aliphatic rings. The van der Waals surface area contributed by atoms with E-state index >= 15 is 0 Å². The highest BCUT2D eigenvalue weighted by molar-refractivity contribution is 6.30. The molecule has 1 aromatic heterocycles. The van der Waals surface area contributed by atoms with Gasteiger partial charge in [0.2, 0.25) is 5.91 Å². The lowest BCUT2D eigenvalue weighted by Crippen LogP contribution is -2.44. The topological polar surface area (TPSA) is 45.6 Å². The molecule has 0 bridgehead atoms. The van der Waals surface area contributed by atoms with E-state index < -0.39 is 0 Å². The SMILES string of the molecule is CCN(CC)C(=O)C1CCN(C(=O)c2cc(C)n(-c3ccc(Cl)cc3)c2C)CC1. The van der Waals surface area contributed by atoms with Crippen molar-refractivity contribution >= 4 is 23.4 Å². The lowest BCUT2D eigenvalue weighted by Gasteiger charge is -2.33. The summed E-state index contributed by atoms with van der Waals surface area (Å²) in [6, 6.07) is 9.59. The predicted molar refractivity (Wildman–Crippen MR) is 117 cm³/mol. The normalized spacial score (nSPS) is 14.9. The van der Waals surface area contributed by atoms with Crippen LogP contribution in [0, 0.1) is 19.8 Å². The third-order valence-corrected chi connectivity index (χ3v) is 6.20. The van der Waals surface area contributed by atoms with Gasteiger partial charge >= 0.3 is 0 Å². The molecule has 2 heterocycles. The number of carbonyl (C=O) groups is 2. The molecule has 5 nitrogen and oxygen atoms in total. The minimum absolute atomic E-state index is 0.0282. The molecule has 3 rings (SSSR count). The number of aromatic nitrogens is 1. The minimum atomic E-state index is 0.0282. The van der Waals surface area contributed by atoms with Crippen molar-refractivity contribution < 1.29 is 9.59 Å². The summed E-state index contributed by atoms with van der Waals surface area (Å²) in [6.45, 7) is 10.7. The number of aryl methyl sites for hydroxylation is 1. The van der Waals surface area contributed by atoms with Crippen LogP contribution in [0.5, 0.6) is 0 Å². The van der Waals surface area contributed by atoms with Gasteiger partial charge < -0.3 is 14.4 Å². The molecule has 0 unspecified atom stereocenters. The molecule has 6 heteroatoms. The van der Waals surface area contributed by atoms with E-state index in [0.29, 0.717) is 18.1 Å². The number of benzene rings is 1.